The molecule has 1 aliphatic rings. The van der Waals surface area contributed by atoms with Crippen LogP contribution in [0.3, 0.4) is 0 Å². The van der Waals surface area contributed by atoms with Gasteiger partial charge in [-0.25, -0.2) is 9.78 Å². The Morgan fingerprint density at radius 3 is 2.55 bits per heavy atom. The number of ether oxygens (including phenoxy) is 1. The van der Waals surface area contributed by atoms with E-state index in [0.717, 1.165) is 41.3 Å². The van der Waals surface area contributed by atoms with Crippen molar-refractivity contribution in [1.29, 1.82) is 0 Å². The van der Waals surface area contributed by atoms with Crippen LogP contribution >= 0.6 is 11.3 Å². The highest BCUT2D eigenvalue weighted by Gasteiger charge is 2.25. The fraction of sp³-hybridized carbons (Fsp3) is 0.652. The van der Waals surface area contributed by atoms with Crippen LogP contribution in [0.1, 0.15) is 49.9 Å². The van der Waals surface area contributed by atoms with Crippen molar-refractivity contribution in [2.75, 3.05) is 39.3 Å². The summed E-state index contributed by atoms with van der Waals surface area (Å²) in [6.45, 7) is 13.9. The molecule has 2 aromatic rings. The van der Waals surface area contributed by atoms with Gasteiger partial charge in [0.1, 0.15) is 16.3 Å². The second kappa shape index (κ2) is 10.6. The molecule has 3 heterocycles. The van der Waals surface area contributed by atoms with Crippen molar-refractivity contribution < 1.29 is 14.3 Å². The second-order valence-electron chi connectivity index (χ2n) is 9.49. The maximum atomic E-state index is 12.3. The zero-order chi connectivity index (χ0) is 24.2. The molecule has 182 valence electrons. The van der Waals surface area contributed by atoms with Crippen molar-refractivity contribution in [3.8, 4) is 0 Å². The predicted molar refractivity (Wildman–Crippen MR) is 130 cm³/mol. The number of aromatic nitrogens is 2. The number of carbonyl (C=O) groups is 2. The lowest BCUT2D eigenvalue weighted by Crippen LogP contribution is -2.50. The molecule has 0 bridgehead atoms. The van der Waals surface area contributed by atoms with Gasteiger partial charge in [-0.1, -0.05) is 0 Å². The van der Waals surface area contributed by atoms with Crippen molar-refractivity contribution >= 4 is 33.6 Å². The molecule has 9 nitrogen and oxygen atoms in total. The smallest absolute Gasteiger partial charge is 0.410 e. The largest absolute Gasteiger partial charge is 0.444 e. The van der Waals surface area contributed by atoms with E-state index in [-0.39, 0.29) is 24.0 Å². The van der Waals surface area contributed by atoms with Crippen LogP contribution in [0.5, 0.6) is 0 Å². The fourth-order valence-electron chi connectivity index (χ4n) is 3.75. The van der Waals surface area contributed by atoms with Gasteiger partial charge in [-0.05, 0) is 53.1 Å². The summed E-state index contributed by atoms with van der Waals surface area (Å²) in [6, 6.07) is 0. The molecule has 2 N–H and O–H groups in total. The molecular formula is C23H35N5O4S. The third-order valence-electron chi connectivity index (χ3n) is 5.67. The Morgan fingerprint density at radius 2 is 1.88 bits per heavy atom. The lowest BCUT2D eigenvalue weighted by atomic mass is 10.2. The van der Waals surface area contributed by atoms with Gasteiger partial charge in [0.25, 0.3) is 5.56 Å². The zero-order valence-electron chi connectivity index (χ0n) is 20.2. The molecule has 10 heteroatoms. The van der Waals surface area contributed by atoms with E-state index >= 15 is 0 Å². The summed E-state index contributed by atoms with van der Waals surface area (Å²) in [5, 5.41) is 3.59. The number of carbonyl (C=O) groups excluding carboxylic acids is 2. The molecule has 0 aromatic carbocycles. The quantitative estimate of drug-likeness (QED) is 0.594. The summed E-state index contributed by atoms with van der Waals surface area (Å²) in [5.74, 6) is 0.498. The first kappa shape index (κ1) is 25.2. The van der Waals surface area contributed by atoms with Crippen LogP contribution in [0.4, 0.5) is 4.79 Å². The average Bonchev–Trinajstić information content (AvgIpc) is 3.02. The minimum Gasteiger partial charge on any atom is -0.444 e. The molecule has 0 atom stereocenters. The molecule has 2 aromatic heterocycles. The van der Waals surface area contributed by atoms with Crippen molar-refractivity contribution in [2.24, 2.45) is 0 Å². The Hall–Kier alpha value is -2.46. The minimum absolute atomic E-state index is 0.0500. The lowest BCUT2D eigenvalue weighted by molar-refractivity contribution is -0.121. The molecule has 0 radical (unpaired) electrons. The highest BCUT2D eigenvalue weighted by molar-refractivity contribution is 7.18. The summed E-state index contributed by atoms with van der Waals surface area (Å²) in [6.07, 6.45) is 1.27. The SMILES string of the molecule is Cc1sc2nc(CCC(=O)NCCCN3CCN(C(=O)OC(C)(C)C)CC3)[nH]c(=O)c2c1C. The van der Waals surface area contributed by atoms with Crippen LogP contribution < -0.4 is 10.9 Å². The molecule has 3 rings (SSSR count). The van der Waals surface area contributed by atoms with Gasteiger partial charge in [0.15, 0.2) is 0 Å². The first-order valence-corrected chi connectivity index (χ1v) is 12.3. The van der Waals surface area contributed by atoms with Gasteiger partial charge in [-0.15, -0.1) is 11.3 Å². The standard InChI is InChI=1S/C23H35N5O4S/c1-15-16(2)33-21-19(15)20(30)25-17(26-21)7-8-18(29)24-9-6-10-27-11-13-28(14-12-27)22(31)32-23(3,4)5/h6-14H2,1-5H3,(H,24,29)(H,25,26,30). The number of thiophene rings is 1. The number of rotatable bonds is 7. The number of nitrogens with zero attached hydrogens (tertiary/aromatic N) is 3. The molecule has 1 aliphatic heterocycles. The third-order valence-corrected chi connectivity index (χ3v) is 6.78. The number of fused-ring (bicyclic) bond motifs is 1. The van der Waals surface area contributed by atoms with Gasteiger partial charge in [-0.2, -0.15) is 0 Å². The van der Waals surface area contributed by atoms with Crippen molar-refractivity contribution in [3.63, 3.8) is 0 Å². The maximum Gasteiger partial charge on any atom is 0.410 e. The monoisotopic (exact) mass is 477 g/mol. The van der Waals surface area contributed by atoms with Crippen LogP contribution in [0.25, 0.3) is 10.2 Å². The van der Waals surface area contributed by atoms with E-state index in [0.29, 0.717) is 37.3 Å². The average molecular weight is 478 g/mol. The Labute approximate surface area is 198 Å². The number of hydrogen-bond acceptors (Lipinski definition) is 7. The Morgan fingerprint density at radius 1 is 1.18 bits per heavy atom. The second-order valence-corrected chi connectivity index (χ2v) is 10.7. The molecule has 1 fully saturated rings. The van der Waals surface area contributed by atoms with Crippen LogP contribution in [0, 0.1) is 13.8 Å². The number of aryl methyl sites for hydroxylation is 3. The Kier molecular flexibility index (Phi) is 8.12. The van der Waals surface area contributed by atoms with Crippen molar-refractivity contribution in [2.45, 2.75) is 59.5 Å². The van der Waals surface area contributed by atoms with Crippen molar-refractivity contribution in [3.05, 3.63) is 26.6 Å². The summed E-state index contributed by atoms with van der Waals surface area (Å²) in [5.41, 5.74) is 0.357. The highest BCUT2D eigenvalue weighted by atomic mass is 32.1. The number of nitrogens with one attached hydrogen (secondary N) is 2. The van der Waals surface area contributed by atoms with Crippen LogP contribution in [0.15, 0.2) is 4.79 Å². The summed E-state index contributed by atoms with van der Waals surface area (Å²) >= 11 is 1.51. The molecule has 0 aliphatic carbocycles. The molecule has 2 amide bonds. The van der Waals surface area contributed by atoms with Gasteiger partial charge < -0.3 is 19.9 Å². The topological polar surface area (TPSA) is 108 Å². The molecule has 0 unspecified atom stereocenters. The number of amides is 2. The van der Waals surface area contributed by atoms with Gasteiger partial charge in [0.05, 0.1) is 5.39 Å². The molecule has 0 spiro atoms. The number of piperazine rings is 1. The van der Waals surface area contributed by atoms with E-state index in [1.807, 2.05) is 34.6 Å². The number of hydrogen-bond donors (Lipinski definition) is 2. The minimum atomic E-state index is -0.480. The fourth-order valence-corrected chi connectivity index (χ4v) is 4.80. The number of H-pyrrole nitrogens is 1. The van der Waals surface area contributed by atoms with E-state index in [1.54, 1.807) is 4.90 Å². The lowest BCUT2D eigenvalue weighted by Gasteiger charge is -2.35. The van der Waals surface area contributed by atoms with E-state index in [1.165, 1.54) is 11.3 Å². The Balaban J connectivity index is 1.33. The Bertz CT molecular complexity index is 1050. The van der Waals surface area contributed by atoms with Gasteiger partial charge in [-0.3, -0.25) is 14.5 Å². The molecule has 0 saturated carbocycles. The van der Waals surface area contributed by atoms with E-state index < -0.39 is 5.60 Å². The summed E-state index contributed by atoms with van der Waals surface area (Å²) in [4.78, 5) is 49.9. The van der Waals surface area contributed by atoms with Crippen molar-refractivity contribution in [1.82, 2.24) is 25.1 Å². The van der Waals surface area contributed by atoms with E-state index in [9.17, 15) is 14.4 Å². The van der Waals surface area contributed by atoms with Crippen LogP contribution in [-0.4, -0.2) is 76.6 Å². The molecule has 1 saturated heterocycles. The zero-order valence-corrected chi connectivity index (χ0v) is 21.1. The maximum absolute atomic E-state index is 12.3. The highest BCUT2D eigenvalue weighted by Crippen LogP contribution is 2.25. The number of aromatic amines is 1. The summed E-state index contributed by atoms with van der Waals surface area (Å²) in [7, 11) is 0. The van der Waals surface area contributed by atoms with Gasteiger partial charge >= 0.3 is 6.09 Å². The van der Waals surface area contributed by atoms with E-state index in [4.69, 9.17) is 4.74 Å². The van der Waals surface area contributed by atoms with Crippen LogP contribution in [0.2, 0.25) is 0 Å². The van der Waals surface area contributed by atoms with Crippen LogP contribution in [-0.2, 0) is 16.0 Å². The first-order valence-electron chi connectivity index (χ1n) is 11.5. The third kappa shape index (κ3) is 7.01. The van der Waals surface area contributed by atoms with Gasteiger partial charge in [0.2, 0.25) is 5.91 Å². The molecule has 33 heavy (non-hydrogen) atoms. The first-order chi connectivity index (χ1) is 15.5. The summed E-state index contributed by atoms with van der Waals surface area (Å²) < 4.78 is 5.42. The predicted octanol–water partition coefficient (Wildman–Crippen LogP) is 2.59. The molecular weight excluding hydrogens is 442 g/mol. The van der Waals surface area contributed by atoms with Gasteiger partial charge in [0, 0.05) is 50.4 Å². The van der Waals surface area contributed by atoms with E-state index in [2.05, 4.69) is 20.2 Å². The normalized spacial score (nSPS) is 15.1.